The Kier molecular flexibility index (Phi) is 5.16. The second-order valence-corrected chi connectivity index (χ2v) is 5.73. The maximum atomic E-state index is 10.7. The average Bonchev–Trinajstić information content (AvgIpc) is 2.65. The molecule has 0 radical (unpaired) electrons. The molecule has 2 aromatic heterocycles. The van der Waals surface area contributed by atoms with E-state index in [2.05, 4.69) is 15.0 Å². The van der Waals surface area contributed by atoms with Crippen molar-refractivity contribution in [3.8, 4) is 0 Å². The molecule has 25 heavy (non-hydrogen) atoms. The van der Waals surface area contributed by atoms with Crippen molar-refractivity contribution in [1.29, 1.82) is 0 Å². The van der Waals surface area contributed by atoms with Gasteiger partial charge < -0.3 is 5.73 Å². The van der Waals surface area contributed by atoms with Gasteiger partial charge in [0.2, 0.25) is 0 Å². The molecule has 0 fully saturated rings. The van der Waals surface area contributed by atoms with Crippen molar-refractivity contribution in [2.75, 3.05) is 0 Å². The normalized spacial score (nSPS) is 12.0. The highest BCUT2D eigenvalue weighted by Crippen LogP contribution is 2.18. The van der Waals surface area contributed by atoms with E-state index in [4.69, 9.17) is 17.3 Å². The van der Waals surface area contributed by atoms with Gasteiger partial charge in [-0.05, 0) is 23.8 Å². The van der Waals surface area contributed by atoms with E-state index in [0.717, 1.165) is 28.5 Å². The van der Waals surface area contributed by atoms with Gasteiger partial charge in [-0.2, -0.15) is 0 Å². The van der Waals surface area contributed by atoms with Crippen molar-refractivity contribution in [2.24, 2.45) is 10.7 Å². The predicted molar refractivity (Wildman–Crippen MR) is 101 cm³/mol. The van der Waals surface area contributed by atoms with Gasteiger partial charge in [0.05, 0.1) is 17.6 Å². The van der Waals surface area contributed by atoms with Crippen LogP contribution in [0.5, 0.6) is 0 Å². The van der Waals surface area contributed by atoms with Gasteiger partial charge in [-0.25, -0.2) is 4.98 Å². The van der Waals surface area contributed by atoms with Crippen molar-refractivity contribution >= 4 is 40.7 Å². The molecule has 2 heterocycles. The first-order valence-corrected chi connectivity index (χ1v) is 7.96. The van der Waals surface area contributed by atoms with Crippen LogP contribution in [0.3, 0.4) is 0 Å². The van der Waals surface area contributed by atoms with Crippen LogP contribution in [0.2, 0.25) is 5.15 Å². The predicted octanol–water partition coefficient (Wildman–Crippen LogP) is 3.67. The van der Waals surface area contributed by atoms with Crippen LogP contribution < -0.4 is 5.73 Å². The van der Waals surface area contributed by atoms with Gasteiger partial charge in [0.1, 0.15) is 11.4 Å². The SMILES string of the molecule is NC=C(C=NCc1ccc(C=O)cc1)c1cnc2ccc(Cl)nc2c1. The van der Waals surface area contributed by atoms with Gasteiger partial charge in [0, 0.05) is 35.3 Å². The molecule has 2 N–H and O–H groups in total. The lowest BCUT2D eigenvalue weighted by atomic mass is 10.1. The fourth-order valence-electron chi connectivity index (χ4n) is 2.30. The third-order valence-corrected chi connectivity index (χ3v) is 3.85. The number of fused-ring (bicyclic) bond motifs is 1. The monoisotopic (exact) mass is 350 g/mol. The number of rotatable bonds is 5. The second kappa shape index (κ2) is 7.68. The number of allylic oxidation sites excluding steroid dienone is 1. The zero-order chi connectivity index (χ0) is 17.6. The quantitative estimate of drug-likeness (QED) is 0.432. The Balaban J connectivity index is 1.78. The molecular weight excluding hydrogens is 336 g/mol. The Bertz CT molecular complexity index is 965. The Morgan fingerprint density at radius 3 is 2.68 bits per heavy atom. The zero-order valence-electron chi connectivity index (χ0n) is 13.3. The Hall–Kier alpha value is -3.05. The largest absolute Gasteiger partial charge is 0.404 e. The zero-order valence-corrected chi connectivity index (χ0v) is 14.0. The number of hydrogen-bond donors (Lipinski definition) is 1. The molecule has 0 saturated carbocycles. The van der Waals surface area contributed by atoms with Crippen LogP contribution in [0.4, 0.5) is 0 Å². The van der Waals surface area contributed by atoms with Crippen molar-refractivity contribution in [1.82, 2.24) is 9.97 Å². The molecule has 0 amide bonds. The molecule has 0 aliphatic rings. The van der Waals surface area contributed by atoms with Gasteiger partial charge in [-0.15, -0.1) is 0 Å². The lowest BCUT2D eigenvalue weighted by Crippen LogP contribution is -1.95. The summed E-state index contributed by atoms with van der Waals surface area (Å²) in [6.45, 7) is 0.488. The lowest BCUT2D eigenvalue weighted by molar-refractivity contribution is 0.112. The highest BCUT2D eigenvalue weighted by molar-refractivity contribution is 6.29. The van der Waals surface area contributed by atoms with E-state index < -0.39 is 0 Å². The Labute approximate surface area is 149 Å². The summed E-state index contributed by atoms with van der Waals surface area (Å²) in [6.07, 6.45) is 5.71. The summed E-state index contributed by atoms with van der Waals surface area (Å²) in [5, 5.41) is 0.414. The number of nitrogens with zero attached hydrogens (tertiary/aromatic N) is 3. The smallest absolute Gasteiger partial charge is 0.150 e. The third kappa shape index (κ3) is 4.08. The molecule has 0 aliphatic heterocycles. The van der Waals surface area contributed by atoms with Crippen LogP contribution in [-0.4, -0.2) is 22.5 Å². The summed E-state index contributed by atoms with van der Waals surface area (Å²) >= 11 is 5.93. The summed E-state index contributed by atoms with van der Waals surface area (Å²) < 4.78 is 0. The number of pyridine rings is 2. The van der Waals surface area contributed by atoms with Crippen LogP contribution in [-0.2, 0) is 6.54 Å². The fraction of sp³-hybridized carbons (Fsp3) is 0.0526. The van der Waals surface area contributed by atoms with Crippen molar-refractivity contribution < 1.29 is 4.79 Å². The highest BCUT2D eigenvalue weighted by Gasteiger charge is 2.04. The van der Waals surface area contributed by atoms with E-state index in [1.54, 1.807) is 30.6 Å². The van der Waals surface area contributed by atoms with Gasteiger partial charge in [-0.1, -0.05) is 35.9 Å². The maximum absolute atomic E-state index is 10.7. The standard InChI is InChI=1S/C19H15ClN4O/c20-19-6-5-17-18(24-19)7-15(11-23-17)16(8-21)10-22-9-13-1-3-14(12-25)4-2-13/h1-8,10-12H,9,21H2. The summed E-state index contributed by atoms with van der Waals surface area (Å²) in [5.41, 5.74) is 10.4. The van der Waals surface area contributed by atoms with E-state index in [0.29, 0.717) is 22.8 Å². The molecule has 1 aromatic carbocycles. The maximum Gasteiger partial charge on any atom is 0.150 e. The molecule has 3 rings (SSSR count). The Morgan fingerprint density at radius 1 is 1.16 bits per heavy atom. The first-order valence-electron chi connectivity index (χ1n) is 7.58. The highest BCUT2D eigenvalue weighted by atomic mass is 35.5. The average molecular weight is 351 g/mol. The van der Waals surface area contributed by atoms with Gasteiger partial charge in [-0.3, -0.25) is 14.8 Å². The van der Waals surface area contributed by atoms with Gasteiger partial charge in [0.15, 0.2) is 0 Å². The number of carbonyl (C=O) groups is 1. The van der Waals surface area contributed by atoms with Crippen LogP contribution in [0.1, 0.15) is 21.5 Å². The first-order chi connectivity index (χ1) is 12.2. The molecule has 0 unspecified atom stereocenters. The summed E-state index contributed by atoms with van der Waals surface area (Å²) in [7, 11) is 0. The second-order valence-electron chi connectivity index (χ2n) is 5.35. The molecule has 3 aromatic rings. The van der Waals surface area contributed by atoms with E-state index in [1.807, 2.05) is 24.3 Å². The molecule has 5 nitrogen and oxygen atoms in total. The molecule has 6 heteroatoms. The number of aldehydes is 1. The molecule has 0 atom stereocenters. The number of halogens is 1. The molecule has 0 bridgehead atoms. The molecule has 0 saturated heterocycles. The molecular formula is C19H15ClN4O. The summed E-state index contributed by atoms with van der Waals surface area (Å²) in [6, 6.07) is 12.7. The number of benzene rings is 1. The number of nitrogens with two attached hydrogens (primary N) is 1. The van der Waals surface area contributed by atoms with Crippen molar-refractivity contribution in [3.63, 3.8) is 0 Å². The van der Waals surface area contributed by atoms with Crippen LogP contribution in [0.25, 0.3) is 16.6 Å². The van der Waals surface area contributed by atoms with Crippen molar-refractivity contribution in [3.05, 3.63) is 76.7 Å². The van der Waals surface area contributed by atoms with Gasteiger partial charge in [0.25, 0.3) is 0 Å². The lowest BCUT2D eigenvalue weighted by Gasteiger charge is -2.04. The fourth-order valence-corrected chi connectivity index (χ4v) is 2.46. The number of carbonyl (C=O) groups excluding carboxylic acids is 1. The minimum Gasteiger partial charge on any atom is -0.404 e. The number of hydrogen-bond acceptors (Lipinski definition) is 5. The van der Waals surface area contributed by atoms with Crippen molar-refractivity contribution in [2.45, 2.75) is 6.54 Å². The van der Waals surface area contributed by atoms with Gasteiger partial charge >= 0.3 is 0 Å². The van der Waals surface area contributed by atoms with Crippen LogP contribution >= 0.6 is 11.6 Å². The van der Waals surface area contributed by atoms with E-state index >= 15 is 0 Å². The van der Waals surface area contributed by atoms with Crippen LogP contribution in [0.15, 0.2) is 59.9 Å². The summed E-state index contributed by atoms with van der Waals surface area (Å²) in [4.78, 5) is 23.7. The molecule has 124 valence electrons. The topological polar surface area (TPSA) is 81.2 Å². The molecule has 0 aliphatic carbocycles. The van der Waals surface area contributed by atoms with E-state index in [-0.39, 0.29) is 0 Å². The molecule has 0 spiro atoms. The van der Waals surface area contributed by atoms with Crippen LogP contribution in [0, 0.1) is 0 Å². The third-order valence-electron chi connectivity index (χ3n) is 3.64. The Morgan fingerprint density at radius 2 is 1.96 bits per heavy atom. The summed E-state index contributed by atoms with van der Waals surface area (Å²) in [5.74, 6) is 0. The van der Waals surface area contributed by atoms with E-state index in [1.165, 1.54) is 6.20 Å². The van der Waals surface area contributed by atoms with E-state index in [9.17, 15) is 4.79 Å². The minimum absolute atomic E-state index is 0.414. The number of aromatic nitrogens is 2. The first kappa shape index (κ1) is 16.8. The minimum atomic E-state index is 0.414. The number of aliphatic imine (C=N–C) groups is 1.